The second-order valence-electron chi connectivity index (χ2n) is 5.12. The van der Waals surface area contributed by atoms with E-state index < -0.39 is 12.0 Å². The molecule has 9 heteroatoms. The van der Waals surface area contributed by atoms with Crippen LogP contribution in [0.15, 0.2) is 40.9 Å². The van der Waals surface area contributed by atoms with Crippen LogP contribution in [0, 0.1) is 5.41 Å². The molecule has 2 rings (SSSR count). The SMILES string of the molecule is COc1cc(Br)c(C(Nc2ccc(C(=N)N)cc2)C(=O)[O-])cc1OC.Cl. The van der Waals surface area contributed by atoms with Crippen molar-refractivity contribution in [2.24, 2.45) is 5.73 Å². The van der Waals surface area contributed by atoms with Crippen LogP contribution in [0.4, 0.5) is 5.69 Å². The number of anilines is 1. The molecule has 0 aliphatic heterocycles. The van der Waals surface area contributed by atoms with Gasteiger partial charge in [-0.05, 0) is 42.0 Å². The number of aliphatic carboxylic acids is 1. The predicted octanol–water partition coefficient (Wildman–Crippen LogP) is 2.08. The van der Waals surface area contributed by atoms with Crippen molar-refractivity contribution in [3.8, 4) is 11.5 Å². The minimum Gasteiger partial charge on any atom is -0.548 e. The molecule has 26 heavy (non-hydrogen) atoms. The molecule has 7 nitrogen and oxygen atoms in total. The van der Waals surface area contributed by atoms with Crippen molar-refractivity contribution in [2.45, 2.75) is 6.04 Å². The number of benzene rings is 2. The fraction of sp³-hybridized carbons (Fsp3) is 0.176. The van der Waals surface area contributed by atoms with Crippen molar-refractivity contribution in [1.29, 1.82) is 5.41 Å². The molecule has 1 atom stereocenters. The molecule has 0 radical (unpaired) electrons. The van der Waals surface area contributed by atoms with E-state index in [0.29, 0.717) is 32.8 Å². The van der Waals surface area contributed by atoms with Crippen LogP contribution in [0.25, 0.3) is 0 Å². The predicted molar refractivity (Wildman–Crippen MR) is 103 cm³/mol. The summed E-state index contributed by atoms with van der Waals surface area (Å²) in [4.78, 5) is 11.7. The van der Waals surface area contributed by atoms with Crippen molar-refractivity contribution >= 4 is 45.8 Å². The monoisotopic (exact) mass is 442 g/mol. The third-order valence-electron chi connectivity index (χ3n) is 3.56. The average Bonchev–Trinajstić information content (AvgIpc) is 2.59. The van der Waals surface area contributed by atoms with Gasteiger partial charge in [-0.15, -0.1) is 12.4 Å². The molecule has 1 unspecified atom stereocenters. The first-order chi connectivity index (χ1) is 11.9. The Hall–Kier alpha value is -2.45. The van der Waals surface area contributed by atoms with E-state index in [1.54, 1.807) is 36.4 Å². The number of carbonyl (C=O) groups is 1. The van der Waals surface area contributed by atoms with Gasteiger partial charge >= 0.3 is 0 Å². The standard InChI is InChI=1S/C17H18BrN3O4.ClH/c1-24-13-7-11(12(18)8-14(13)25-2)15(17(22)23)21-10-5-3-9(4-6-10)16(19)20;/h3-8,15,21H,1-2H3,(H3,19,20)(H,22,23);1H/p-1. The average molecular weight is 444 g/mol. The number of hydrogen-bond donors (Lipinski definition) is 3. The molecule has 0 aliphatic carbocycles. The fourth-order valence-corrected chi connectivity index (χ4v) is 2.82. The van der Waals surface area contributed by atoms with E-state index in [9.17, 15) is 9.90 Å². The van der Waals surface area contributed by atoms with Crippen molar-refractivity contribution in [3.05, 3.63) is 52.0 Å². The van der Waals surface area contributed by atoms with Crippen LogP contribution in [0.3, 0.4) is 0 Å². The smallest absolute Gasteiger partial charge is 0.161 e. The summed E-state index contributed by atoms with van der Waals surface area (Å²) in [6.45, 7) is 0. The van der Waals surface area contributed by atoms with E-state index in [0.717, 1.165) is 0 Å². The summed E-state index contributed by atoms with van der Waals surface area (Å²) in [6, 6.07) is 8.60. The summed E-state index contributed by atoms with van der Waals surface area (Å²) in [5, 5.41) is 21.9. The molecule has 0 saturated carbocycles. The first kappa shape index (κ1) is 21.6. The highest BCUT2D eigenvalue weighted by Crippen LogP contribution is 2.37. The number of hydrogen-bond acceptors (Lipinski definition) is 6. The van der Waals surface area contributed by atoms with Gasteiger partial charge in [-0.1, -0.05) is 15.9 Å². The molecule has 0 aromatic heterocycles. The zero-order valence-corrected chi connectivity index (χ0v) is 16.4. The van der Waals surface area contributed by atoms with Crippen LogP contribution < -0.4 is 25.6 Å². The Morgan fingerprint density at radius 2 is 1.73 bits per heavy atom. The van der Waals surface area contributed by atoms with Gasteiger partial charge in [-0.2, -0.15) is 0 Å². The van der Waals surface area contributed by atoms with E-state index in [4.69, 9.17) is 20.6 Å². The Morgan fingerprint density at radius 1 is 1.19 bits per heavy atom. The van der Waals surface area contributed by atoms with Gasteiger partial charge in [0.2, 0.25) is 0 Å². The molecule has 0 heterocycles. The Bertz CT molecular complexity index is 799. The maximum atomic E-state index is 11.7. The molecular weight excluding hydrogens is 426 g/mol. The molecule has 0 amide bonds. The van der Waals surface area contributed by atoms with E-state index in [1.807, 2.05) is 0 Å². The summed E-state index contributed by atoms with van der Waals surface area (Å²) >= 11 is 3.35. The molecule has 2 aromatic rings. The topological polar surface area (TPSA) is 120 Å². The van der Waals surface area contributed by atoms with Crippen molar-refractivity contribution in [1.82, 2.24) is 0 Å². The fourth-order valence-electron chi connectivity index (χ4n) is 2.27. The lowest BCUT2D eigenvalue weighted by atomic mass is 10.1. The van der Waals surface area contributed by atoms with Gasteiger partial charge in [-0.25, -0.2) is 0 Å². The highest BCUT2D eigenvalue weighted by molar-refractivity contribution is 9.10. The molecular formula is C17H18BrClN3O4-. The van der Waals surface area contributed by atoms with Crippen molar-refractivity contribution in [3.63, 3.8) is 0 Å². The minimum absolute atomic E-state index is 0. The van der Waals surface area contributed by atoms with Crippen molar-refractivity contribution in [2.75, 3.05) is 19.5 Å². The number of nitrogens with one attached hydrogen (secondary N) is 2. The zero-order valence-electron chi connectivity index (χ0n) is 14.0. The summed E-state index contributed by atoms with van der Waals surface area (Å²) in [7, 11) is 2.96. The second-order valence-corrected chi connectivity index (χ2v) is 5.97. The number of carboxylic acids is 1. The Kier molecular flexibility index (Phi) is 7.73. The highest BCUT2D eigenvalue weighted by Gasteiger charge is 2.19. The van der Waals surface area contributed by atoms with Crippen LogP contribution in [-0.2, 0) is 4.79 Å². The lowest BCUT2D eigenvalue weighted by Gasteiger charge is -2.24. The van der Waals surface area contributed by atoms with Crippen molar-refractivity contribution < 1.29 is 19.4 Å². The number of rotatable bonds is 7. The third-order valence-corrected chi connectivity index (χ3v) is 4.24. The van der Waals surface area contributed by atoms with Crippen LogP contribution in [-0.4, -0.2) is 26.0 Å². The van der Waals surface area contributed by atoms with E-state index in [1.165, 1.54) is 14.2 Å². The number of amidine groups is 1. The zero-order chi connectivity index (χ0) is 18.6. The van der Waals surface area contributed by atoms with Gasteiger partial charge in [0.15, 0.2) is 11.5 Å². The number of carbonyl (C=O) groups excluding carboxylic acids is 1. The number of ether oxygens (including phenoxy) is 2. The lowest BCUT2D eigenvalue weighted by molar-refractivity contribution is -0.307. The van der Waals surface area contributed by atoms with Gasteiger partial charge in [0, 0.05) is 15.7 Å². The summed E-state index contributed by atoms with van der Waals surface area (Å²) in [5.41, 5.74) is 6.92. The molecule has 140 valence electrons. The maximum absolute atomic E-state index is 11.7. The molecule has 0 saturated heterocycles. The van der Waals surface area contributed by atoms with Gasteiger partial charge in [-0.3, -0.25) is 5.41 Å². The van der Waals surface area contributed by atoms with Crippen LogP contribution in [0.5, 0.6) is 11.5 Å². The third kappa shape index (κ3) is 4.80. The van der Waals surface area contributed by atoms with E-state index in [-0.39, 0.29) is 18.2 Å². The Labute approximate surface area is 165 Å². The molecule has 4 N–H and O–H groups in total. The largest absolute Gasteiger partial charge is 0.548 e. The lowest BCUT2D eigenvalue weighted by Crippen LogP contribution is -2.34. The summed E-state index contributed by atoms with van der Waals surface area (Å²) < 4.78 is 11.0. The Morgan fingerprint density at radius 3 is 2.19 bits per heavy atom. The normalized spacial score (nSPS) is 11.0. The minimum atomic E-state index is -1.30. The van der Waals surface area contributed by atoms with Crippen LogP contribution in [0.1, 0.15) is 17.2 Å². The molecule has 0 spiro atoms. The van der Waals surface area contributed by atoms with Crippen LogP contribution >= 0.6 is 28.3 Å². The van der Waals surface area contributed by atoms with Crippen LogP contribution in [0.2, 0.25) is 0 Å². The number of halogens is 2. The maximum Gasteiger partial charge on any atom is 0.161 e. The number of carboxylic acid groups (broad SMARTS) is 1. The summed E-state index contributed by atoms with van der Waals surface area (Å²) in [5.74, 6) is -0.490. The first-order valence-corrected chi connectivity index (χ1v) is 8.00. The number of nitrogens with two attached hydrogens (primary N) is 1. The molecule has 0 aliphatic rings. The summed E-state index contributed by atoms with van der Waals surface area (Å²) in [6.07, 6.45) is 0. The highest BCUT2D eigenvalue weighted by atomic mass is 79.9. The molecule has 0 bridgehead atoms. The van der Waals surface area contributed by atoms with Gasteiger partial charge in [0.05, 0.1) is 26.2 Å². The molecule has 0 fully saturated rings. The van der Waals surface area contributed by atoms with E-state index in [2.05, 4.69) is 21.2 Å². The van der Waals surface area contributed by atoms with Gasteiger partial charge in [0.1, 0.15) is 5.84 Å². The molecule has 2 aromatic carbocycles. The van der Waals surface area contributed by atoms with E-state index >= 15 is 0 Å². The number of methoxy groups -OCH3 is 2. The van der Waals surface area contributed by atoms with Gasteiger partial charge in [0.25, 0.3) is 0 Å². The van der Waals surface area contributed by atoms with Gasteiger partial charge < -0.3 is 30.4 Å². The first-order valence-electron chi connectivity index (χ1n) is 7.20. The number of nitrogen functional groups attached to an aromatic ring is 1. The Balaban J connectivity index is 0.00000338. The quantitative estimate of drug-likeness (QED) is 0.445. The second kappa shape index (κ2) is 9.30.